The monoisotopic (exact) mass is 345 g/mol. The highest BCUT2D eigenvalue weighted by Gasteiger charge is 2.16. The normalized spacial score (nSPS) is 16.8. The van der Waals surface area contributed by atoms with Gasteiger partial charge in [-0.2, -0.15) is 0 Å². The third-order valence-electron chi connectivity index (χ3n) is 4.01. The zero-order valence-electron chi connectivity index (χ0n) is 13.5. The number of ether oxygens (including phenoxy) is 2. The highest BCUT2D eigenvalue weighted by atomic mass is 35.5. The van der Waals surface area contributed by atoms with Crippen LogP contribution in [0.3, 0.4) is 0 Å². The number of nitrogens with one attached hydrogen (secondary N) is 1. The van der Waals surface area contributed by atoms with Crippen molar-refractivity contribution in [2.24, 2.45) is 0 Å². The molecule has 0 aromatic heterocycles. The molecule has 1 atom stereocenters. The van der Waals surface area contributed by atoms with Crippen LogP contribution in [0, 0.1) is 6.92 Å². The average molecular weight is 346 g/mol. The summed E-state index contributed by atoms with van der Waals surface area (Å²) in [5.74, 6) is 0.579. The van der Waals surface area contributed by atoms with E-state index in [1.165, 1.54) is 0 Å². The maximum Gasteiger partial charge on any atom is 0.255 e. The fourth-order valence-corrected chi connectivity index (χ4v) is 2.86. The van der Waals surface area contributed by atoms with Crippen LogP contribution in [0.2, 0.25) is 5.02 Å². The molecule has 0 aliphatic carbocycles. The van der Waals surface area contributed by atoms with Crippen molar-refractivity contribution in [1.82, 2.24) is 0 Å². The predicted molar refractivity (Wildman–Crippen MR) is 95.1 cm³/mol. The summed E-state index contributed by atoms with van der Waals surface area (Å²) >= 11 is 5.93. The third kappa shape index (κ3) is 4.28. The maximum absolute atomic E-state index is 12.3. The van der Waals surface area contributed by atoms with Gasteiger partial charge in [0.15, 0.2) is 0 Å². The Hall–Kier alpha value is -2.04. The van der Waals surface area contributed by atoms with Crippen LogP contribution in [-0.4, -0.2) is 25.2 Å². The predicted octanol–water partition coefficient (Wildman–Crippen LogP) is 4.46. The molecule has 1 aliphatic heterocycles. The molecule has 1 N–H and O–H groups in total. The highest BCUT2D eigenvalue weighted by molar-refractivity contribution is 6.30. The van der Waals surface area contributed by atoms with Gasteiger partial charge >= 0.3 is 0 Å². The van der Waals surface area contributed by atoms with E-state index in [2.05, 4.69) is 5.32 Å². The van der Waals surface area contributed by atoms with Crippen molar-refractivity contribution in [2.45, 2.75) is 25.9 Å². The van der Waals surface area contributed by atoms with Gasteiger partial charge in [-0.05, 0) is 67.8 Å². The second-order valence-corrected chi connectivity index (χ2v) is 6.32. The molecule has 2 aromatic carbocycles. The van der Waals surface area contributed by atoms with Crippen LogP contribution in [-0.2, 0) is 4.74 Å². The first kappa shape index (κ1) is 16.8. The first-order valence-electron chi connectivity index (χ1n) is 8.04. The third-order valence-corrected chi connectivity index (χ3v) is 4.25. The molecular weight excluding hydrogens is 326 g/mol. The Bertz CT molecular complexity index is 709. The van der Waals surface area contributed by atoms with Crippen LogP contribution in [0.1, 0.15) is 28.8 Å². The first-order chi connectivity index (χ1) is 11.6. The van der Waals surface area contributed by atoms with E-state index in [1.807, 2.05) is 13.0 Å². The summed E-state index contributed by atoms with van der Waals surface area (Å²) in [7, 11) is 0. The molecule has 1 aliphatic rings. The van der Waals surface area contributed by atoms with E-state index in [-0.39, 0.29) is 12.0 Å². The standard InChI is InChI=1S/C19H20ClNO3/c1-13-11-15(20)6-9-18(13)21-19(22)14-4-7-16(8-5-14)24-12-17-3-2-10-23-17/h4-9,11,17H,2-3,10,12H2,1H3,(H,21,22)/t17-/m1/s1. The van der Waals surface area contributed by atoms with E-state index >= 15 is 0 Å². The molecule has 3 rings (SSSR count). The van der Waals surface area contributed by atoms with E-state index in [0.717, 1.165) is 36.4 Å². The van der Waals surface area contributed by atoms with Crippen molar-refractivity contribution in [3.8, 4) is 5.75 Å². The van der Waals surface area contributed by atoms with Crippen molar-refractivity contribution < 1.29 is 14.3 Å². The molecule has 1 saturated heterocycles. The van der Waals surface area contributed by atoms with Gasteiger partial charge in [-0.3, -0.25) is 4.79 Å². The lowest BCUT2D eigenvalue weighted by Crippen LogP contribution is -2.16. The van der Waals surface area contributed by atoms with Gasteiger partial charge in [-0.15, -0.1) is 0 Å². The minimum atomic E-state index is -0.161. The molecule has 1 amide bonds. The SMILES string of the molecule is Cc1cc(Cl)ccc1NC(=O)c1ccc(OC[C@H]2CCCO2)cc1. The Kier molecular flexibility index (Phi) is 5.38. The fraction of sp³-hybridized carbons (Fsp3) is 0.316. The molecule has 0 spiro atoms. The molecule has 4 nitrogen and oxygen atoms in total. The lowest BCUT2D eigenvalue weighted by molar-refractivity contribution is 0.0679. The topological polar surface area (TPSA) is 47.6 Å². The summed E-state index contributed by atoms with van der Waals surface area (Å²) in [5, 5.41) is 3.54. The van der Waals surface area contributed by atoms with Crippen molar-refractivity contribution in [3.05, 3.63) is 58.6 Å². The van der Waals surface area contributed by atoms with Crippen LogP contribution in [0.4, 0.5) is 5.69 Å². The fourth-order valence-electron chi connectivity index (χ4n) is 2.63. The Balaban J connectivity index is 1.58. The summed E-state index contributed by atoms with van der Waals surface area (Å²) in [5.41, 5.74) is 2.25. The van der Waals surface area contributed by atoms with E-state index < -0.39 is 0 Å². The summed E-state index contributed by atoms with van der Waals surface area (Å²) in [4.78, 5) is 12.3. The molecule has 2 aromatic rings. The van der Waals surface area contributed by atoms with Crippen molar-refractivity contribution in [2.75, 3.05) is 18.5 Å². The number of hydrogen-bond acceptors (Lipinski definition) is 3. The lowest BCUT2D eigenvalue weighted by Gasteiger charge is -2.12. The average Bonchev–Trinajstić information content (AvgIpc) is 3.09. The molecule has 0 bridgehead atoms. The van der Waals surface area contributed by atoms with Gasteiger partial charge in [0.05, 0.1) is 6.10 Å². The van der Waals surface area contributed by atoms with Crippen molar-refractivity contribution in [1.29, 1.82) is 0 Å². The number of aryl methyl sites for hydroxylation is 1. The molecule has 1 heterocycles. The quantitative estimate of drug-likeness (QED) is 0.870. The van der Waals surface area contributed by atoms with E-state index in [0.29, 0.717) is 17.2 Å². The minimum absolute atomic E-state index is 0.161. The second-order valence-electron chi connectivity index (χ2n) is 5.88. The van der Waals surface area contributed by atoms with Crippen LogP contribution in [0.25, 0.3) is 0 Å². The molecular formula is C19H20ClNO3. The van der Waals surface area contributed by atoms with E-state index in [4.69, 9.17) is 21.1 Å². The summed E-state index contributed by atoms with van der Waals surface area (Å²) in [6, 6.07) is 12.5. The molecule has 126 valence electrons. The van der Waals surface area contributed by atoms with Crippen LogP contribution in [0.5, 0.6) is 5.75 Å². The summed E-state index contributed by atoms with van der Waals surface area (Å²) < 4.78 is 11.2. The number of hydrogen-bond donors (Lipinski definition) is 1. The molecule has 1 fully saturated rings. The zero-order valence-corrected chi connectivity index (χ0v) is 14.3. The summed E-state index contributed by atoms with van der Waals surface area (Å²) in [6.45, 7) is 3.27. The number of benzene rings is 2. The number of halogens is 1. The molecule has 0 saturated carbocycles. The van der Waals surface area contributed by atoms with Gasteiger partial charge < -0.3 is 14.8 Å². The number of rotatable bonds is 5. The molecule has 0 unspecified atom stereocenters. The van der Waals surface area contributed by atoms with Gasteiger partial charge in [0.25, 0.3) is 5.91 Å². The minimum Gasteiger partial charge on any atom is -0.491 e. The Morgan fingerprint density at radius 1 is 1.29 bits per heavy atom. The number of amides is 1. The first-order valence-corrected chi connectivity index (χ1v) is 8.41. The molecule has 0 radical (unpaired) electrons. The van der Waals surface area contributed by atoms with Gasteiger partial charge in [0.2, 0.25) is 0 Å². The number of anilines is 1. The molecule has 24 heavy (non-hydrogen) atoms. The van der Waals surface area contributed by atoms with Gasteiger partial charge in [-0.1, -0.05) is 11.6 Å². The van der Waals surface area contributed by atoms with Gasteiger partial charge in [0, 0.05) is 22.9 Å². The maximum atomic E-state index is 12.3. The van der Waals surface area contributed by atoms with E-state index in [9.17, 15) is 4.79 Å². The Morgan fingerprint density at radius 2 is 2.08 bits per heavy atom. The van der Waals surface area contributed by atoms with Crippen molar-refractivity contribution in [3.63, 3.8) is 0 Å². The smallest absolute Gasteiger partial charge is 0.255 e. The van der Waals surface area contributed by atoms with Crippen molar-refractivity contribution >= 4 is 23.2 Å². The molecule has 5 heteroatoms. The van der Waals surface area contributed by atoms with Gasteiger partial charge in [-0.25, -0.2) is 0 Å². The van der Waals surface area contributed by atoms with Gasteiger partial charge in [0.1, 0.15) is 12.4 Å². The highest BCUT2D eigenvalue weighted by Crippen LogP contribution is 2.21. The van der Waals surface area contributed by atoms with Crippen LogP contribution in [0.15, 0.2) is 42.5 Å². The lowest BCUT2D eigenvalue weighted by atomic mass is 10.1. The number of carbonyl (C=O) groups excluding carboxylic acids is 1. The van der Waals surface area contributed by atoms with Crippen LogP contribution >= 0.6 is 11.6 Å². The zero-order chi connectivity index (χ0) is 16.9. The largest absolute Gasteiger partial charge is 0.491 e. The Labute approximate surface area is 146 Å². The Morgan fingerprint density at radius 3 is 2.75 bits per heavy atom. The number of carbonyl (C=O) groups is 1. The van der Waals surface area contributed by atoms with E-state index in [1.54, 1.807) is 36.4 Å². The summed E-state index contributed by atoms with van der Waals surface area (Å²) in [6.07, 6.45) is 2.32. The van der Waals surface area contributed by atoms with Crippen LogP contribution < -0.4 is 10.1 Å². The second kappa shape index (κ2) is 7.69.